The van der Waals surface area contributed by atoms with Crippen molar-refractivity contribution >= 4 is 11.7 Å². The minimum atomic E-state index is -0.00765. The Labute approximate surface area is 132 Å². The standard InChI is InChI=1S/C18H26N2O2/c1-13-4-5-15(12-14(13)2)17(21)6-7-18(22)19-16-8-10-20(3)11-9-16/h4-5,12,16H,6-11H2,1-3H3,(H,19,22). The molecule has 1 aliphatic rings. The number of Topliss-reactive ketones (excluding diaryl/α,β-unsaturated/α-hetero) is 1. The lowest BCUT2D eigenvalue weighted by Crippen LogP contribution is -2.43. The third kappa shape index (κ3) is 4.67. The molecule has 1 saturated heterocycles. The van der Waals surface area contributed by atoms with E-state index in [2.05, 4.69) is 17.3 Å². The lowest BCUT2D eigenvalue weighted by atomic mass is 10.0. The van der Waals surface area contributed by atoms with Crippen LogP contribution >= 0.6 is 0 Å². The SMILES string of the molecule is Cc1ccc(C(=O)CCC(=O)NC2CCN(C)CC2)cc1C. The Bertz CT molecular complexity index is 546. The highest BCUT2D eigenvalue weighted by Crippen LogP contribution is 2.13. The maximum Gasteiger partial charge on any atom is 0.220 e. The first kappa shape index (κ1) is 16.7. The molecule has 4 nitrogen and oxygen atoms in total. The molecule has 0 bridgehead atoms. The molecule has 0 atom stereocenters. The van der Waals surface area contributed by atoms with Crippen LogP contribution in [0.25, 0.3) is 0 Å². The fourth-order valence-electron chi connectivity index (χ4n) is 2.74. The molecule has 4 heteroatoms. The van der Waals surface area contributed by atoms with Gasteiger partial charge in [0.1, 0.15) is 0 Å². The van der Waals surface area contributed by atoms with Crippen LogP contribution in [0, 0.1) is 13.8 Å². The Morgan fingerprint density at radius 2 is 1.82 bits per heavy atom. The zero-order valence-corrected chi connectivity index (χ0v) is 13.8. The van der Waals surface area contributed by atoms with E-state index in [1.165, 1.54) is 5.56 Å². The van der Waals surface area contributed by atoms with Crippen molar-refractivity contribution in [1.29, 1.82) is 0 Å². The number of amides is 1. The largest absolute Gasteiger partial charge is 0.353 e. The lowest BCUT2D eigenvalue weighted by molar-refractivity contribution is -0.122. The molecular formula is C18H26N2O2. The third-order valence-electron chi connectivity index (χ3n) is 4.49. The highest BCUT2D eigenvalue weighted by atomic mass is 16.2. The molecule has 0 saturated carbocycles. The summed E-state index contributed by atoms with van der Waals surface area (Å²) in [6, 6.07) is 5.98. The highest BCUT2D eigenvalue weighted by Gasteiger charge is 2.18. The number of piperidine rings is 1. The van der Waals surface area contributed by atoms with Crippen molar-refractivity contribution in [2.24, 2.45) is 0 Å². The number of carbonyl (C=O) groups excluding carboxylic acids is 2. The van der Waals surface area contributed by atoms with Crippen LogP contribution in [0.2, 0.25) is 0 Å². The predicted molar refractivity (Wildman–Crippen MR) is 88.1 cm³/mol. The van der Waals surface area contributed by atoms with Gasteiger partial charge in [-0.3, -0.25) is 9.59 Å². The Balaban J connectivity index is 1.78. The van der Waals surface area contributed by atoms with Gasteiger partial charge in [0.25, 0.3) is 0 Å². The maximum atomic E-state index is 12.2. The summed E-state index contributed by atoms with van der Waals surface area (Å²) in [6.45, 7) is 6.07. The fraction of sp³-hybridized carbons (Fsp3) is 0.556. The van der Waals surface area contributed by atoms with Crippen LogP contribution in [-0.2, 0) is 4.79 Å². The van der Waals surface area contributed by atoms with Crippen molar-refractivity contribution < 1.29 is 9.59 Å². The molecule has 2 rings (SSSR count). The molecule has 1 fully saturated rings. The average Bonchev–Trinajstić information content (AvgIpc) is 2.50. The first-order chi connectivity index (χ1) is 10.5. The van der Waals surface area contributed by atoms with E-state index >= 15 is 0 Å². The summed E-state index contributed by atoms with van der Waals surface area (Å²) in [4.78, 5) is 26.4. The van der Waals surface area contributed by atoms with Crippen LogP contribution < -0.4 is 5.32 Å². The van der Waals surface area contributed by atoms with Gasteiger partial charge in [-0.2, -0.15) is 0 Å². The number of nitrogens with one attached hydrogen (secondary N) is 1. The molecule has 1 N–H and O–H groups in total. The van der Waals surface area contributed by atoms with Gasteiger partial charge in [0, 0.05) is 24.4 Å². The van der Waals surface area contributed by atoms with Gasteiger partial charge >= 0.3 is 0 Å². The molecule has 0 spiro atoms. The molecular weight excluding hydrogens is 276 g/mol. The van der Waals surface area contributed by atoms with Crippen molar-refractivity contribution in [2.45, 2.75) is 45.6 Å². The van der Waals surface area contributed by atoms with Crippen molar-refractivity contribution in [1.82, 2.24) is 10.2 Å². The van der Waals surface area contributed by atoms with Crippen LogP contribution in [0.3, 0.4) is 0 Å². The Morgan fingerprint density at radius 1 is 1.14 bits per heavy atom. The van der Waals surface area contributed by atoms with Gasteiger partial charge in [0.15, 0.2) is 5.78 Å². The predicted octanol–water partition coefficient (Wildman–Crippen LogP) is 2.48. The second-order valence-corrected chi connectivity index (χ2v) is 6.37. The summed E-state index contributed by atoms with van der Waals surface area (Å²) in [5, 5.41) is 3.05. The van der Waals surface area contributed by atoms with E-state index in [0.717, 1.165) is 31.5 Å². The van der Waals surface area contributed by atoms with Gasteiger partial charge in [-0.25, -0.2) is 0 Å². The number of likely N-dealkylation sites (tertiary alicyclic amines) is 1. The summed E-state index contributed by atoms with van der Waals surface area (Å²) in [5.41, 5.74) is 2.99. The van der Waals surface area contributed by atoms with E-state index in [9.17, 15) is 9.59 Å². The van der Waals surface area contributed by atoms with Gasteiger partial charge in [-0.05, 0) is 64.0 Å². The molecule has 1 aromatic carbocycles. The van der Waals surface area contributed by atoms with Crippen LogP contribution in [-0.4, -0.2) is 42.8 Å². The van der Waals surface area contributed by atoms with Crippen molar-refractivity contribution in [3.8, 4) is 0 Å². The van der Waals surface area contributed by atoms with E-state index < -0.39 is 0 Å². The Hall–Kier alpha value is -1.68. The fourth-order valence-corrected chi connectivity index (χ4v) is 2.74. The summed E-state index contributed by atoms with van der Waals surface area (Å²) in [6.07, 6.45) is 2.54. The first-order valence-electron chi connectivity index (χ1n) is 8.04. The Morgan fingerprint density at radius 3 is 2.45 bits per heavy atom. The molecule has 0 unspecified atom stereocenters. The van der Waals surface area contributed by atoms with Crippen LogP contribution in [0.4, 0.5) is 0 Å². The van der Waals surface area contributed by atoms with Crippen molar-refractivity contribution in [3.63, 3.8) is 0 Å². The second kappa shape index (κ2) is 7.54. The molecule has 0 radical (unpaired) electrons. The topological polar surface area (TPSA) is 49.4 Å². The molecule has 22 heavy (non-hydrogen) atoms. The number of hydrogen-bond donors (Lipinski definition) is 1. The monoisotopic (exact) mass is 302 g/mol. The van der Waals surface area contributed by atoms with Crippen molar-refractivity contribution in [2.75, 3.05) is 20.1 Å². The zero-order chi connectivity index (χ0) is 16.1. The van der Waals surface area contributed by atoms with Crippen molar-refractivity contribution in [3.05, 3.63) is 34.9 Å². The van der Waals surface area contributed by atoms with Gasteiger partial charge < -0.3 is 10.2 Å². The summed E-state index contributed by atoms with van der Waals surface area (Å²) in [5.74, 6) is 0.0355. The zero-order valence-electron chi connectivity index (χ0n) is 13.8. The van der Waals surface area contributed by atoms with Gasteiger partial charge in [0.05, 0.1) is 0 Å². The number of carbonyl (C=O) groups is 2. The van der Waals surface area contributed by atoms with E-state index in [1.807, 2.05) is 32.0 Å². The lowest BCUT2D eigenvalue weighted by Gasteiger charge is -2.29. The molecule has 1 heterocycles. The minimum Gasteiger partial charge on any atom is -0.353 e. The number of rotatable bonds is 5. The molecule has 1 amide bonds. The molecule has 1 aliphatic heterocycles. The van der Waals surface area contributed by atoms with Gasteiger partial charge in [0.2, 0.25) is 5.91 Å². The van der Waals surface area contributed by atoms with E-state index in [1.54, 1.807) is 0 Å². The number of aryl methyl sites for hydroxylation is 2. The third-order valence-corrected chi connectivity index (χ3v) is 4.49. The number of ketones is 1. The van der Waals surface area contributed by atoms with Gasteiger partial charge in [-0.1, -0.05) is 12.1 Å². The normalized spacial score (nSPS) is 16.5. The summed E-state index contributed by atoms with van der Waals surface area (Å²) < 4.78 is 0. The summed E-state index contributed by atoms with van der Waals surface area (Å²) in [7, 11) is 2.10. The number of benzene rings is 1. The first-order valence-corrected chi connectivity index (χ1v) is 8.04. The second-order valence-electron chi connectivity index (χ2n) is 6.37. The van der Waals surface area contributed by atoms with Crippen LogP contribution in [0.5, 0.6) is 0 Å². The highest BCUT2D eigenvalue weighted by molar-refractivity contribution is 5.98. The quantitative estimate of drug-likeness (QED) is 0.850. The molecule has 0 aliphatic carbocycles. The van der Waals surface area contributed by atoms with Gasteiger partial charge in [-0.15, -0.1) is 0 Å². The molecule has 120 valence electrons. The van der Waals surface area contributed by atoms with E-state index in [0.29, 0.717) is 5.56 Å². The van der Waals surface area contributed by atoms with Crippen LogP contribution in [0.1, 0.15) is 47.2 Å². The maximum absolute atomic E-state index is 12.2. The van der Waals surface area contributed by atoms with Crippen LogP contribution in [0.15, 0.2) is 18.2 Å². The Kier molecular flexibility index (Phi) is 5.72. The number of nitrogens with zero attached hydrogens (tertiary/aromatic N) is 1. The summed E-state index contributed by atoms with van der Waals surface area (Å²) >= 11 is 0. The molecule has 0 aromatic heterocycles. The smallest absolute Gasteiger partial charge is 0.220 e. The minimum absolute atomic E-state index is 0.00765. The number of hydrogen-bond acceptors (Lipinski definition) is 3. The molecule has 1 aromatic rings. The van der Waals surface area contributed by atoms with E-state index in [-0.39, 0.29) is 30.6 Å². The average molecular weight is 302 g/mol. The van der Waals surface area contributed by atoms with E-state index in [4.69, 9.17) is 0 Å².